The highest BCUT2D eigenvalue weighted by Crippen LogP contribution is 2.31. The number of halogens is 3. The van der Waals surface area contributed by atoms with Crippen molar-refractivity contribution < 1.29 is 27.9 Å². The molecule has 1 N–H and O–H groups in total. The zero-order valence-corrected chi connectivity index (χ0v) is 10.0. The van der Waals surface area contributed by atoms with E-state index in [1.165, 1.54) is 13.8 Å². The van der Waals surface area contributed by atoms with Gasteiger partial charge in [0.2, 0.25) is 0 Å². The van der Waals surface area contributed by atoms with Crippen molar-refractivity contribution in [1.82, 2.24) is 4.90 Å². The third-order valence-electron chi connectivity index (χ3n) is 2.80. The maximum absolute atomic E-state index is 12.4. The van der Waals surface area contributed by atoms with Gasteiger partial charge in [-0.2, -0.15) is 13.2 Å². The third kappa shape index (κ3) is 3.75. The van der Waals surface area contributed by atoms with Crippen LogP contribution in [0.4, 0.5) is 13.2 Å². The SMILES string of the molecule is CC(C(=O)O)=C(C)C(=O)N(CC(F)(F)F)C1CC1. The van der Waals surface area contributed by atoms with E-state index in [0.717, 1.165) is 0 Å². The summed E-state index contributed by atoms with van der Waals surface area (Å²) in [4.78, 5) is 23.3. The number of alkyl halides is 3. The first-order valence-corrected chi connectivity index (χ1v) is 5.42. The molecule has 0 heterocycles. The predicted molar refractivity (Wildman–Crippen MR) is 56.8 cm³/mol. The topological polar surface area (TPSA) is 57.6 Å². The summed E-state index contributed by atoms with van der Waals surface area (Å²) in [6.45, 7) is 1.10. The van der Waals surface area contributed by atoms with Crippen LogP contribution >= 0.6 is 0 Å². The number of carboxylic acids is 1. The van der Waals surface area contributed by atoms with Crippen LogP contribution in [-0.2, 0) is 9.59 Å². The maximum Gasteiger partial charge on any atom is 0.406 e. The summed E-state index contributed by atoms with van der Waals surface area (Å²) in [6, 6.07) is -0.421. The Morgan fingerprint density at radius 3 is 2.06 bits per heavy atom. The summed E-state index contributed by atoms with van der Waals surface area (Å²) in [5.74, 6) is -2.15. The summed E-state index contributed by atoms with van der Waals surface area (Å²) in [6.07, 6.45) is -3.42. The minimum absolute atomic E-state index is 0.154. The third-order valence-corrected chi connectivity index (χ3v) is 2.80. The van der Waals surface area contributed by atoms with Gasteiger partial charge in [-0.05, 0) is 26.7 Å². The first-order chi connectivity index (χ1) is 8.13. The van der Waals surface area contributed by atoms with Crippen LogP contribution in [-0.4, -0.2) is 40.6 Å². The normalized spacial score (nSPS) is 17.2. The fourth-order valence-corrected chi connectivity index (χ4v) is 1.48. The van der Waals surface area contributed by atoms with Gasteiger partial charge in [-0.25, -0.2) is 4.79 Å². The second-order valence-corrected chi connectivity index (χ2v) is 4.33. The molecule has 0 saturated heterocycles. The van der Waals surface area contributed by atoms with E-state index in [1.807, 2.05) is 0 Å². The van der Waals surface area contributed by atoms with Crippen molar-refractivity contribution in [1.29, 1.82) is 0 Å². The fourth-order valence-electron chi connectivity index (χ4n) is 1.48. The van der Waals surface area contributed by atoms with E-state index in [9.17, 15) is 22.8 Å². The van der Waals surface area contributed by atoms with Crippen LogP contribution in [0.15, 0.2) is 11.1 Å². The zero-order chi connectivity index (χ0) is 14.1. The lowest BCUT2D eigenvalue weighted by atomic mass is 10.1. The Labute approximate surface area is 102 Å². The summed E-state index contributed by atoms with van der Waals surface area (Å²) in [7, 11) is 0. The van der Waals surface area contributed by atoms with Gasteiger partial charge in [0.1, 0.15) is 6.54 Å². The van der Waals surface area contributed by atoms with E-state index in [2.05, 4.69) is 0 Å². The minimum Gasteiger partial charge on any atom is -0.478 e. The largest absolute Gasteiger partial charge is 0.478 e. The highest BCUT2D eigenvalue weighted by molar-refractivity contribution is 6.01. The maximum atomic E-state index is 12.4. The van der Waals surface area contributed by atoms with Crippen molar-refractivity contribution in [3.8, 4) is 0 Å². The van der Waals surface area contributed by atoms with Crippen molar-refractivity contribution in [2.75, 3.05) is 6.54 Å². The Morgan fingerprint density at radius 1 is 1.22 bits per heavy atom. The van der Waals surface area contributed by atoms with Crippen molar-refractivity contribution in [2.45, 2.75) is 38.9 Å². The van der Waals surface area contributed by atoms with Crippen molar-refractivity contribution in [2.24, 2.45) is 0 Å². The molecule has 0 spiro atoms. The number of amides is 1. The molecule has 0 aliphatic heterocycles. The van der Waals surface area contributed by atoms with Crippen LogP contribution in [0.25, 0.3) is 0 Å². The lowest BCUT2D eigenvalue weighted by Gasteiger charge is -2.24. The molecule has 0 aromatic carbocycles. The number of aliphatic carboxylic acids is 1. The smallest absolute Gasteiger partial charge is 0.406 e. The first-order valence-electron chi connectivity index (χ1n) is 5.42. The Morgan fingerprint density at radius 2 is 1.72 bits per heavy atom. The Bertz CT molecular complexity index is 397. The number of rotatable bonds is 4. The molecule has 1 aliphatic carbocycles. The van der Waals surface area contributed by atoms with Crippen molar-refractivity contribution >= 4 is 11.9 Å². The number of carbonyl (C=O) groups excluding carboxylic acids is 1. The highest BCUT2D eigenvalue weighted by Gasteiger charge is 2.41. The second kappa shape index (κ2) is 4.99. The number of hydrogen-bond donors (Lipinski definition) is 1. The molecule has 1 amide bonds. The fraction of sp³-hybridized carbons (Fsp3) is 0.636. The molecule has 0 bridgehead atoms. The van der Waals surface area contributed by atoms with Gasteiger partial charge in [0.25, 0.3) is 5.91 Å². The van der Waals surface area contributed by atoms with E-state index >= 15 is 0 Å². The number of carbonyl (C=O) groups is 2. The molecule has 0 atom stereocenters. The van der Waals surface area contributed by atoms with Gasteiger partial charge in [-0.1, -0.05) is 0 Å². The molecule has 4 nitrogen and oxygen atoms in total. The van der Waals surface area contributed by atoms with Crippen LogP contribution in [0, 0.1) is 0 Å². The van der Waals surface area contributed by atoms with Gasteiger partial charge in [-0.3, -0.25) is 4.79 Å². The average molecular weight is 265 g/mol. The molecule has 0 aromatic rings. The lowest BCUT2D eigenvalue weighted by molar-refractivity contribution is -0.160. The molecule has 1 aliphatic rings. The Kier molecular flexibility index (Phi) is 4.03. The summed E-state index contributed by atoms with van der Waals surface area (Å²) in [5, 5.41) is 8.72. The Balaban J connectivity index is 2.90. The summed E-state index contributed by atoms with van der Waals surface area (Å²) >= 11 is 0. The zero-order valence-electron chi connectivity index (χ0n) is 10.0. The van der Waals surface area contributed by atoms with Crippen LogP contribution in [0.2, 0.25) is 0 Å². The molecule has 0 radical (unpaired) electrons. The van der Waals surface area contributed by atoms with Gasteiger partial charge in [0.05, 0.1) is 0 Å². The quantitative estimate of drug-likeness (QED) is 0.790. The van der Waals surface area contributed by atoms with Gasteiger partial charge in [0.15, 0.2) is 0 Å². The van der Waals surface area contributed by atoms with Gasteiger partial charge in [-0.15, -0.1) is 0 Å². The standard InChI is InChI=1S/C11H14F3NO3/c1-6(7(2)10(17)18)9(16)15(8-3-4-8)5-11(12,13)14/h8H,3-5H2,1-2H3,(H,17,18). The molecule has 0 aromatic heterocycles. The number of hydrogen-bond acceptors (Lipinski definition) is 2. The average Bonchev–Trinajstić information content (AvgIpc) is 3.05. The molecular weight excluding hydrogens is 251 g/mol. The molecule has 0 unspecified atom stereocenters. The van der Waals surface area contributed by atoms with E-state index in [1.54, 1.807) is 0 Å². The van der Waals surface area contributed by atoms with Gasteiger partial charge in [0, 0.05) is 17.2 Å². The molecule has 1 saturated carbocycles. The van der Waals surface area contributed by atoms with Gasteiger partial charge < -0.3 is 10.0 Å². The van der Waals surface area contributed by atoms with Crippen LogP contribution < -0.4 is 0 Å². The molecular formula is C11H14F3NO3. The molecule has 1 fully saturated rings. The lowest BCUT2D eigenvalue weighted by Crippen LogP contribution is -2.41. The highest BCUT2D eigenvalue weighted by atomic mass is 19.4. The summed E-state index contributed by atoms with van der Waals surface area (Å²) < 4.78 is 37.1. The summed E-state index contributed by atoms with van der Waals surface area (Å²) in [5.41, 5.74) is -0.383. The van der Waals surface area contributed by atoms with Crippen LogP contribution in [0.5, 0.6) is 0 Å². The van der Waals surface area contributed by atoms with E-state index in [-0.39, 0.29) is 11.1 Å². The molecule has 1 rings (SSSR count). The Hall–Kier alpha value is -1.53. The van der Waals surface area contributed by atoms with Crippen molar-refractivity contribution in [3.63, 3.8) is 0 Å². The molecule has 7 heteroatoms. The van der Waals surface area contributed by atoms with Crippen LogP contribution in [0.3, 0.4) is 0 Å². The first kappa shape index (κ1) is 14.5. The van der Waals surface area contributed by atoms with Gasteiger partial charge >= 0.3 is 12.1 Å². The van der Waals surface area contributed by atoms with Crippen molar-refractivity contribution in [3.05, 3.63) is 11.1 Å². The minimum atomic E-state index is -4.48. The van der Waals surface area contributed by atoms with E-state index in [4.69, 9.17) is 5.11 Å². The number of nitrogens with zero attached hydrogens (tertiary/aromatic N) is 1. The molecule has 102 valence electrons. The van der Waals surface area contributed by atoms with Crippen LogP contribution in [0.1, 0.15) is 26.7 Å². The van der Waals surface area contributed by atoms with E-state index < -0.39 is 30.6 Å². The van der Waals surface area contributed by atoms with E-state index in [0.29, 0.717) is 17.7 Å². The second-order valence-electron chi connectivity index (χ2n) is 4.33. The predicted octanol–water partition coefficient (Wildman–Crippen LogP) is 1.96. The molecule has 18 heavy (non-hydrogen) atoms. The number of carboxylic acid groups (broad SMARTS) is 1. The monoisotopic (exact) mass is 265 g/mol.